The van der Waals surface area contributed by atoms with E-state index in [4.69, 9.17) is 0 Å². The van der Waals surface area contributed by atoms with Crippen LogP contribution in [0.1, 0.15) is 170 Å². The van der Waals surface area contributed by atoms with Crippen molar-refractivity contribution in [2.75, 3.05) is 0 Å². The third kappa shape index (κ3) is 21.4. The number of unbranched alkanes of at least 4 members (excludes halogenated alkanes) is 16. The standard InChI is InChI=1S/C28H58S/c1-7-9-11-13-15-17-19-21-23-25-27(3,4)29-28(5,6)26-24-22-20-18-16-14-12-10-8-2/h7-26H2,1-6H3. The van der Waals surface area contributed by atoms with E-state index in [0.717, 1.165) is 0 Å². The fraction of sp³-hybridized carbons (Fsp3) is 1.00. The van der Waals surface area contributed by atoms with Crippen molar-refractivity contribution in [1.82, 2.24) is 0 Å². The van der Waals surface area contributed by atoms with E-state index in [1.807, 2.05) is 0 Å². The molecular formula is C28H58S. The number of hydrogen-bond donors (Lipinski definition) is 0. The smallest absolute Gasteiger partial charge is 0.0109 e. The van der Waals surface area contributed by atoms with Crippen LogP contribution in [-0.2, 0) is 0 Å². The second-order valence-corrected chi connectivity index (χ2v) is 13.2. The molecule has 0 aromatic carbocycles. The van der Waals surface area contributed by atoms with Crippen LogP contribution >= 0.6 is 11.8 Å². The molecule has 0 heterocycles. The summed E-state index contributed by atoms with van der Waals surface area (Å²) in [7, 11) is 0. The Morgan fingerprint density at radius 3 is 0.897 bits per heavy atom. The van der Waals surface area contributed by atoms with E-state index in [1.165, 1.54) is 128 Å². The zero-order valence-electron chi connectivity index (χ0n) is 21.6. The molecule has 0 saturated heterocycles. The zero-order chi connectivity index (χ0) is 21.8. The number of rotatable bonds is 22. The van der Waals surface area contributed by atoms with Crippen molar-refractivity contribution in [2.24, 2.45) is 0 Å². The summed E-state index contributed by atoms with van der Waals surface area (Å²) in [6, 6.07) is 0. The molecule has 0 fully saturated rings. The third-order valence-electron chi connectivity index (χ3n) is 6.32. The average Bonchev–Trinajstić information content (AvgIpc) is 2.64. The van der Waals surface area contributed by atoms with Crippen LogP contribution in [0.25, 0.3) is 0 Å². The first-order valence-corrected chi connectivity index (χ1v) is 14.3. The average molecular weight is 427 g/mol. The van der Waals surface area contributed by atoms with Crippen LogP contribution in [0, 0.1) is 0 Å². The van der Waals surface area contributed by atoms with Gasteiger partial charge in [0.15, 0.2) is 0 Å². The molecule has 0 nitrogen and oxygen atoms in total. The second-order valence-electron chi connectivity index (χ2n) is 10.8. The van der Waals surface area contributed by atoms with Crippen LogP contribution in [0.4, 0.5) is 0 Å². The molecule has 0 bridgehead atoms. The first-order valence-electron chi connectivity index (χ1n) is 13.5. The molecule has 176 valence electrons. The maximum absolute atomic E-state index is 2.49. The van der Waals surface area contributed by atoms with Gasteiger partial charge in [-0.2, -0.15) is 0 Å². The van der Waals surface area contributed by atoms with Crippen molar-refractivity contribution in [3.05, 3.63) is 0 Å². The molecule has 0 radical (unpaired) electrons. The molecule has 29 heavy (non-hydrogen) atoms. The van der Waals surface area contributed by atoms with Gasteiger partial charge in [0.25, 0.3) is 0 Å². The molecule has 0 N–H and O–H groups in total. The fourth-order valence-corrected chi connectivity index (χ4v) is 6.56. The van der Waals surface area contributed by atoms with E-state index < -0.39 is 0 Å². The van der Waals surface area contributed by atoms with E-state index in [2.05, 4.69) is 53.3 Å². The second kappa shape index (κ2) is 19.1. The van der Waals surface area contributed by atoms with E-state index in [1.54, 1.807) is 0 Å². The van der Waals surface area contributed by atoms with E-state index in [-0.39, 0.29) is 0 Å². The normalized spacial score (nSPS) is 12.6. The zero-order valence-corrected chi connectivity index (χ0v) is 22.4. The van der Waals surface area contributed by atoms with Crippen molar-refractivity contribution in [3.8, 4) is 0 Å². The summed E-state index contributed by atoms with van der Waals surface area (Å²) in [5, 5.41) is 0. The lowest BCUT2D eigenvalue weighted by atomic mass is 10.0. The Kier molecular flexibility index (Phi) is 19.3. The first kappa shape index (κ1) is 29.4. The summed E-state index contributed by atoms with van der Waals surface area (Å²) in [5.74, 6) is 0. The van der Waals surface area contributed by atoms with Crippen molar-refractivity contribution in [3.63, 3.8) is 0 Å². The van der Waals surface area contributed by atoms with Gasteiger partial charge in [0.1, 0.15) is 0 Å². The van der Waals surface area contributed by atoms with E-state index in [9.17, 15) is 0 Å². The molecule has 0 aromatic heterocycles. The highest BCUT2D eigenvalue weighted by atomic mass is 32.2. The van der Waals surface area contributed by atoms with Crippen molar-refractivity contribution in [1.29, 1.82) is 0 Å². The maximum atomic E-state index is 2.49. The molecule has 0 saturated carbocycles. The Morgan fingerprint density at radius 1 is 0.379 bits per heavy atom. The fourth-order valence-electron chi connectivity index (χ4n) is 4.57. The minimum atomic E-state index is 0.434. The molecule has 0 spiro atoms. The summed E-state index contributed by atoms with van der Waals surface area (Å²) >= 11 is 2.26. The first-order chi connectivity index (χ1) is 13.8. The van der Waals surface area contributed by atoms with E-state index >= 15 is 0 Å². The Labute approximate surface area is 191 Å². The highest BCUT2D eigenvalue weighted by Gasteiger charge is 2.28. The molecule has 0 atom stereocenters. The summed E-state index contributed by atoms with van der Waals surface area (Å²) < 4.78 is 0.869. The third-order valence-corrected chi connectivity index (χ3v) is 7.83. The van der Waals surface area contributed by atoms with Crippen LogP contribution in [0.3, 0.4) is 0 Å². The van der Waals surface area contributed by atoms with Gasteiger partial charge in [0.05, 0.1) is 0 Å². The topological polar surface area (TPSA) is 0 Å². The van der Waals surface area contributed by atoms with Crippen LogP contribution in [-0.4, -0.2) is 9.49 Å². The molecule has 0 aliphatic rings. The minimum absolute atomic E-state index is 0.434. The molecule has 1 heteroatoms. The van der Waals surface area contributed by atoms with Crippen LogP contribution in [0.5, 0.6) is 0 Å². The van der Waals surface area contributed by atoms with E-state index in [0.29, 0.717) is 9.49 Å². The number of hydrogen-bond acceptors (Lipinski definition) is 1. The van der Waals surface area contributed by atoms with Gasteiger partial charge >= 0.3 is 0 Å². The lowest BCUT2D eigenvalue weighted by Gasteiger charge is -2.35. The van der Waals surface area contributed by atoms with Gasteiger partial charge in [-0.3, -0.25) is 0 Å². The molecule has 0 aliphatic carbocycles. The minimum Gasteiger partial charge on any atom is -0.149 e. The summed E-state index contributed by atoms with van der Waals surface area (Å²) in [5.41, 5.74) is 0. The summed E-state index contributed by atoms with van der Waals surface area (Å²) in [4.78, 5) is 0. The Bertz CT molecular complexity index is 299. The maximum Gasteiger partial charge on any atom is 0.0109 e. The van der Waals surface area contributed by atoms with Gasteiger partial charge in [-0.1, -0.05) is 157 Å². The quantitative estimate of drug-likeness (QED) is 0.155. The lowest BCUT2D eigenvalue weighted by molar-refractivity contribution is 0.510. The molecule has 0 rings (SSSR count). The van der Waals surface area contributed by atoms with Gasteiger partial charge in [0, 0.05) is 9.49 Å². The highest BCUT2D eigenvalue weighted by molar-refractivity contribution is 8.01. The molecule has 0 amide bonds. The SMILES string of the molecule is CCCCCCCCCCCC(C)(C)SC(C)(C)CCCCCCCCCCC. The number of thioether (sulfide) groups is 1. The Balaban J connectivity index is 3.69. The van der Waals surface area contributed by atoms with Gasteiger partial charge in [-0.05, 0) is 12.8 Å². The predicted octanol–water partition coefficient (Wildman–Crippen LogP) is 11.1. The molecule has 0 unspecified atom stereocenters. The van der Waals surface area contributed by atoms with Crippen molar-refractivity contribution in [2.45, 2.75) is 179 Å². The summed E-state index contributed by atoms with van der Waals surface area (Å²) in [6.07, 6.45) is 28.7. The highest BCUT2D eigenvalue weighted by Crippen LogP contribution is 2.42. The van der Waals surface area contributed by atoms with Gasteiger partial charge in [0.2, 0.25) is 0 Å². The Morgan fingerprint density at radius 2 is 0.621 bits per heavy atom. The van der Waals surface area contributed by atoms with Gasteiger partial charge in [-0.25, -0.2) is 0 Å². The van der Waals surface area contributed by atoms with Gasteiger partial charge in [-0.15, -0.1) is 11.8 Å². The molecule has 0 aliphatic heterocycles. The lowest BCUT2D eigenvalue weighted by Crippen LogP contribution is -2.26. The van der Waals surface area contributed by atoms with Crippen LogP contribution < -0.4 is 0 Å². The van der Waals surface area contributed by atoms with Gasteiger partial charge < -0.3 is 0 Å². The summed E-state index contributed by atoms with van der Waals surface area (Å²) in [6.45, 7) is 14.6. The predicted molar refractivity (Wildman–Crippen MR) is 139 cm³/mol. The molecular weight excluding hydrogens is 368 g/mol. The molecule has 0 aromatic rings. The van der Waals surface area contributed by atoms with Crippen molar-refractivity contribution >= 4 is 11.8 Å². The van der Waals surface area contributed by atoms with Crippen LogP contribution in [0.15, 0.2) is 0 Å². The monoisotopic (exact) mass is 426 g/mol. The largest absolute Gasteiger partial charge is 0.149 e. The Hall–Kier alpha value is 0.350. The van der Waals surface area contributed by atoms with Crippen LogP contribution in [0.2, 0.25) is 0 Å². The van der Waals surface area contributed by atoms with Crippen molar-refractivity contribution < 1.29 is 0 Å².